The van der Waals surface area contributed by atoms with Gasteiger partial charge in [0.2, 0.25) is 5.91 Å². The highest BCUT2D eigenvalue weighted by Gasteiger charge is 2.20. The number of nitrogens with one attached hydrogen (secondary N) is 2. The van der Waals surface area contributed by atoms with Gasteiger partial charge in [0, 0.05) is 37.0 Å². The lowest BCUT2D eigenvalue weighted by Crippen LogP contribution is -2.27. The smallest absolute Gasteiger partial charge is 0.262 e. The summed E-state index contributed by atoms with van der Waals surface area (Å²) in [6.07, 6.45) is 5.98. The summed E-state index contributed by atoms with van der Waals surface area (Å²) in [6, 6.07) is 7.12. The van der Waals surface area contributed by atoms with Gasteiger partial charge in [0.1, 0.15) is 4.83 Å². The maximum Gasteiger partial charge on any atom is 0.262 e. The van der Waals surface area contributed by atoms with Crippen LogP contribution < -0.4 is 16.2 Å². The zero-order valence-electron chi connectivity index (χ0n) is 16.9. The van der Waals surface area contributed by atoms with Crippen molar-refractivity contribution in [2.45, 2.75) is 45.2 Å². The van der Waals surface area contributed by atoms with Crippen LogP contribution in [0.1, 0.15) is 45.6 Å². The molecule has 2 heterocycles. The Morgan fingerprint density at radius 3 is 2.90 bits per heavy atom. The molecule has 0 aliphatic heterocycles. The highest BCUT2D eigenvalue weighted by molar-refractivity contribution is 7.18. The molecule has 30 heavy (non-hydrogen) atoms. The van der Waals surface area contributed by atoms with Crippen LogP contribution in [0.4, 0.5) is 0 Å². The second kappa shape index (κ2) is 8.79. The Hall–Kier alpha value is -3.00. The van der Waals surface area contributed by atoms with Crippen LogP contribution in [0.25, 0.3) is 10.2 Å². The third-order valence-corrected chi connectivity index (χ3v) is 6.63. The number of aromatic nitrogens is 2. The molecule has 0 saturated carbocycles. The molecule has 0 spiro atoms. The molecule has 0 radical (unpaired) electrons. The van der Waals surface area contributed by atoms with Gasteiger partial charge in [0.25, 0.3) is 11.5 Å². The monoisotopic (exact) mass is 424 g/mol. The van der Waals surface area contributed by atoms with Crippen molar-refractivity contribution in [2.24, 2.45) is 0 Å². The van der Waals surface area contributed by atoms with Crippen LogP contribution in [-0.2, 0) is 30.7 Å². The first kappa shape index (κ1) is 20.3. The van der Waals surface area contributed by atoms with E-state index in [-0.39, 0.29) is 30.3 Å². The van der Waals surface area contributed by atoms with E-state index in [4.69, 9.17) is 0 Å². The molecule has 1 aromatic carbocycles. The molecule has 156 valence electrons. The van der Waals surface area contributed by atoms with Gasteiger partial charge in [0.15, 0.2) is 0 Å². The Bertz CT molecular complexity index is 1160. The number of amides is 2. The normalized spacial score (nSPS) is 13.1. The molecule has 8 heteroatoms. The molecular weight excluding hydrogens is 400 g/mol. The minimum Gasteiger partial charge on any atom is -0.355 e. The number of hydrogen-bond donors (Lipinski definition) is 2. The average molecular weight is 425 g/mol. The Balaban J connectivity index is 1.39. The molecular formula is C22H24N4O3S. The number of rotatable bonds is 6. The first-order valence-corrected chi connectivity index (χ1v) is 11.0. The second-order valence-electron chi connectivity index (χ2n) is 7.44. The minimum atomic E-state index is -0.166. The molecule has 2 N–H and O–H groups in total. The van der Waals surface area contributed by atoms with E-state index in [9.17, 15) is 14.4 Å². The van der Waals surface area contributed by atoms with Gasteiger partial charge in [-0.15, -0.1) is 11.3 Å². The number of nitrogens with zero attached hydrogens (tertiary/aromatic N) is 2. The summed E-state index contributed by atoms with van der Waals surface area (Å²) in [6.45, 7) is 0.615. The van der Waals surface area contributed by atoms with Gasteiger partial charge in [-0.2, -0.15) is 0 Å². The number of aryl methyl sites for hydroxylation is 3. The SMILES string of the molecule is CNC(=O)c1cccc(CNC(=O)CCn2cnc3sc4c(c3c2=O)CCCC4)c1. The molecule has 0 fully saturated rings. The summed E-state index contributed by atoms with van der Waals surface area (Å²) in [7, 11) is 1.58. The van der Waals surface area contributed by atoms with Crippen molar-refractivity contribution >= 4 is 33.4 Å². The second-order valence-corrected chi connectivity index (χ2v) is 8.52. The lowest BCUT2D eigenvalue weighted by molar-refractivity contribution is -0.121. The number of hydrogen-bond acceptors (Lipinski definition) is 5. The number of carbonyl (C=O) groups is 2. The van der Waals surface area contributed by atoms with E-state index in [1.54, 1.807) is 42.9 Å². The average Bonchev–Trinajstić information content (AvgIpc) is 3.16. The summed E-state index contributed by atoms with van der Waals surface area (Å²) in [5, 5.41) is 6.17. The van der Waals surface area contributed by atoms with Crippen LogP contribution in [0, 0.1) is 0 Å². The molecule has 2 aromatic heterocycles. The molecule has 0 unspecified atom stereocenters. The molecule has 1 aliphatic rings. The molecule has 7 nitrogen and oxygen atoms in total. The summed E-state index contributed by atoms with van der Waals surface area (Å²) < 4.78 is 1.54. The zero-order valence-corrected chi connectivity index (χ0v) is 17.7. The standard InChI is InChI=1S/C22H24N4O3S/c1-23-20(28)15-6-4-5-14(11-15)12-24-18(27)9-10-26-13-25-21-19(22(26)29)16-7-2-3-8-17(16)30-21/h4-6,11,13H,2-3,7-10,12H2,1H3,(H,23,28)(H,24,27). The van der Waals surface area contributed by atoms with Gasteiger partial charge in [-0.25, -0.2) is 4.98 Å². The predicted molar refractivity (Wildman–Crippen MR) is 117 cm³/mol. The van der Waals surface area contributed by atoms with Crippen LogP contribution in [0.5, 0.6) is 0 Å². The first-order chi connectivity index (χ1) is 14.6. The van der Waals surface area contributed by atoms with Crippen molar-refractivity contribution in [3.05, 3.63) is 62.5 Å². The fourth-order valence-electron chi connectivity index (χ4n) is 3.82. The van der Waals surface area contributed by atoms with Crippen molar-refractivity contribution < 1.29 is 9.59 Å². The van der Waals surface area contributed by atoms with Crippen molar-refractivity contribution in [1.29, 1.82) is 0 Å². The number of benzene rings is 1. The fraction of sp³-hybridized carbons (Fsp3) is 0.364. The minimum absolute atomic E-state index is 0.0505. The maximum atomic E-state index is 12.9. The van der Waals surface area contributed by atoms with Gasteiger partial charge < -0.3 is 10.6 Å². The summed E-state index contributed by atoms with van der Waals surface area (Å²) in [5.74, 6) is -0.319. The third kappa shape index (κ3) is 4.14. The van der Waals surface area contributed by atoms with Crippen LogP contribution >= 0.6 is 11.3 Å². The molecule has 1 aliphatic carbocycles. The lowest BCUT2D eigenvalue weighted by Gasteiger charge is -2.11. The Labute approximate surface area is 178 Å². The van der Waals surface area contributed by atoms with Crippen LogP contribution in [-0.4, -0.2) is 28.4 Å². The predicted octanol–water partition coefficient (Wildman–Crippen LogP) is 2.40. The van der Waals surface area contributed by atoms with E-state index in [1.165, 1.54) is 15.9 Å². The molecule has 2 amide bonds. The molecule has 3 aromatic rings. The topological polar surface area (TPSA) is 93.1 Å². The maximum absolute atomic E-state index is 12.9. The van der Waals surface area contributed by atoms with Crippen molar-refractivity contribution in [3.63, 3.8) is 0 Å². The summed E-state index contributed by atoms with van der Waals surface area (Å²) in [4.78, 5) is 43.5. The number of thiophene rings is 1. The Morgan fingerprint density at radius 1 is 1.23 bits per heavy atom. The van der Waals surface area contributed by atoms with E-state index < -0.39 is 0 Å². The van der Waals surface area contributed by atoms with E-state index in [0.29, 0.717) is 12.1 Å². The quantitative estimate of drug-likeness (QED) is 0.636. The van der Waals surface area contributed by atoms with Crippen LogP contribution in [0.2, 0.25) is 0 Å². The van der Waals surface area contributed by atoms with Gasteiger partial charge >= 0.3 is 0 Å². The zero-order chi connectivity index (χ0) is 21.1. The van der Waals surface area contributed by atoms with Gasteiger partial charge in [-0.1, -0.05) is 12.1 Å². The number of fused-ring (bicyclic) bond motifs is 3. The summed E-state index contributed by atoms with van der Waals surface area (Å²) in [5.41, 5.74) is 2.50. The third-order valence-electron chi connectivity index (χ3n) is 5.43. The lowest BCUT2D eigenvalue weighted by atomic mass is 9.97. The van der Waals surface area contributed by atoms with E-state index in [1.807, 2.05) is 6.07 Å². The largest absolute Gasteiger partial charge is 0.355 e. The fourth-order valence-corrected chi connectivity index (χ4v) is 5.04. The van der Waals surface area contributed by atoms with Gasteiger partial charge in [-0.3, -0.25) is 19.0 Å². The number of carbonyl (C=O) groups excluding carboxylic acids is 2. The summed E-state index contributed by atoms with van der Waals surface area (Å²) >= 11 is 1.63. The van der Waals surface area contributed by atoms with E-state index >= 15 is 0 Å². The Morgan fingerprint density at radius 2 is 2.07 bits per heavy atom. The van der Waals surface area contributed by atoms with Crippen LogP contribution in [0.3, 0.4) is 0 Å². The van der Waals surface area contributed by atoms with Crippen molar-refractivity contribution in [1.82, 2.24) is 20.2 Å². The highest BCUT2D eigenvalue weighted by atomic mass is 32.1. The molecule has 4 rings (SSSR count). The van der Waals surface area contributed by atoms with Gasteiger partial charge in [0.05, 0.1) is 11.7 Å². The first-order valence-electron chi connectivity index (χ1n) is 10.1. The van der Waals surface area contributed by atoms with Crippen LogP contribution in [0.15, 0.2) is 35.4 Å². The molecule has 0 saturated heterocycles. The Kier molecular flexibility index (Phi) is 5.94. The van der Waals surface area contributed by atoms with Crippen molar-refractivity contribution in [2.75, 3.05) is 7.05 Å². The van der Waals surface area contributed by atoms with E-state index in [0.717, 1.165) is 40.6 Å². The van der Waals surface area contributed by atoms with E-state index in [2.05, 4.69) is 15.6 Å². The molecule has 0 bridgehead atoms. The van der Waals surface area contributed by atoms with Crippen molar-refractivity contribution in [3.8, 4) is 0 Å². The highest BCUT2D eigenvalue weighted by Crippen LogP contribution is 2.33. The molecule has 0 atom stereocenters. The van der Waals surface area contributed by atoms with Gasteiger partial charge in [-0.05, 0) is 48.9 Å².